The van der Waals surface area contributed by atoms with Crippen LogP contribution in [-0.2, 0) is 9.59 Å². The standard InChI is InChI=1S/C15H20ClN3O2.C4H4O4/c1-21-14-7-12(11(16)6-10(14)15(17)20)18-13-8-19-4-2-9(13)3-5-19;5-3(6)1-2-4(7)8/h6-7,9,13,18H,2-5,8H2,1H3,(H2,17,20);1-2H,(H,5,6)(H,7,8)/b;2-1-. The summed E-state index contributed by atoms with van der Waals surface area (Å²) < 4.78 is 5.24. The van der Waals surface area contributed by atoms with E-state index in [1.165, 1.54) is 33.0 Å². The van der Waals surface area contributed by atoms with Gasteiger partial charge in [-0.2, -0.15) is 0 Å². The summed E-state index contributed by atoms with van der Waals surface area (Å²) in [6, 6.07) is 3.74. The number of ether oxygens (including phenoxy) is 1. The zero-order valence-electron chi connectivity index (χ0n) is 15.9. The van der Waals surface area contributed by atoms with Gasteiger partial charge in [0.2, 0.25) is 0 Å². The highest BCUT2D eigenvalue weighted by Crippen LogP contribution is 2.35. The van der Waals surface area contributed by atoms with Crippen molar-refractivity contribution in [2.75, 3.05) is 32.1 Å². The van der Waals surface area contributed by atoms with Gasteiger partial charge >= 0.3 is 11.9 Å². The Morgan fingerprint density at radius 2 is 1.79 bits per heavy atom. The van der Waals surface area contributed by atoms with Crippen LogP contribution in [0, 0.1) is 5.92 Å². The minimum absolute atomic E-state index is 0.307. The second kappa shape index (κ2) is 10.1. The fourth-order valence-electron chi connectivity index (χ4n) is 3.50. The second-order valence-electron chi connectivity index (χ2n) is 6.80. The average molecular weight is 426 g/mol. The van der Waals surface area contributed by atoms with Gasteiger partial charge in [0.1, 0.15) is 5.75 Å². The van der Waals surface area contributed by atoms with E-state index in [2.05, 4.69) is 10.2 Å². The third-order valence-corrected chi connectivity index (χ3v) is 5.23. The quantitative estimate of drug-likeness (QED) is 0.504. The summed E-state index contributed by atoms with van der Waals surface area (Å²) in [5, 5.41) is 19.6. The summed E-state index contributed by atoms with van der Waals surface area (Å²) in [4.78, 5) is 33.0. The third kappa shape index (κ3) is 6.37. The molecule has 4 rings (SSSR count). The molecule has 3 saturated heterocycles. The first-order valence-electron chi connectivity index (χ1n) is 9.01. The molecule has 0 aliphatic carbocycles. The number of nitrogens with two attached hydrogens (primary N) is 1. The molecule has 1 atom stereocenters. The SMILES string of the molecule is COc1cc(NC2CN3CCC2CC3)c(Cl)cc1C(N)=O.O=C(O)/C=C\C(=O)O. The fraction of sp³-hybridized carbons (Fsp3) is 0.421. The molecule has 158 valence electrons. The number of hydrogen-bond donors (Lipinski definition) is 4. The number of halogens is 1. The van der Waals surface area contributed by atoms with E-state index in [0.29, 0.717) is 40.4 Å². The molecule has 0 saturated carbocycles. The van der Waals surface area contributed by atoms with Crippen LogP contribution in [0.3, 0.4) is 0 Å². The molecule has 1 aromatic carbocycles. The highest BCUT2D eigenvalue weighted by Gasteiger charge is 2.34. The number of primary amides is 1. The molecule has 3 heterocycles. The van der Waals surface area contributed by atoms with E-state index in [0.717, 1.165) is 12.2 Å². The molecule has 5 N–H and O–H groups in total. The molecule has 9 nitrogen and oxygen atoms in total. The molecule has 2 bridgehead atoms. The number of carboxylic acids is 2. The highest BCUT2D eigenvalue weighted by molar-refractivity contribution is 6.33. The predicted octanol–water partition coefficient (Wildman–Crippen LogP) is 1.67. The van der Waals surface area contributed by atoms with Crippen LogP contribution in [-0.4, -0.2) is 65.7 Å². The van der Waals surface area contributed by atoms with Gasteiger partial charge in [-0.3, -0.25) is 4.79 Å². The number of amides is 1. The Bertz CT molecular complexity index is 789. The van der Waals surface area contributed by atoms with E-state index >= 15 is 0 Å². The third-order valence-electron chi connectivity index (χ3n) is 4.92. The lowest BCUT2D eigenvalue weighted by Gasteiger charge is -2.45. The molecular formula is C19H24ClN3O6. The number of piperidine rings is 3. The summed E-state index contributed by atoms with van der Waals surface area (Å²) in [7, 11) is 1.52. The number of methoxy groups -OCH3 is 1. The van der Waals surface area contributed by atoms with Gasteiger partial charge in [0.25, 0.3) is 5.91 Å². The van der Waals surface area contributed by atoms with Gasteiger partial charge in [0.05, 0.1) is 23.4 Å². The summed E-state index contributed by atoms with van der Waals surface area (Å²) in [5.41, 5.74) is 6.45. The molecule has 29 heavy (non-hydrogen) atoms. The van der Waals surface area contributed by atoms with Gasteiger partial charge in [0, 0.05) is 30.8 Å². The maximum absolute atomic E-state index is 11.4. The number of fused-ring (bicyclic) bond motifs is 3. The maximum Gasteiger partial charge on any atom is 0.328 e. The molecule has 10 heteroatoms. The van der Waals surface area contributed by atoms with Gasteiger partial charge in [0.15, 0.2) is 0 Å². The maximum atomic E-state index is 11.4. The van der Waals surface area contributed by atoms with E-state index in [4.69, 9.17) is 32.3 Å². The smallest absolute Gasteiger partial charge is 0.328 e. The number of nitrogens with zero attached hydrogens (tertiary/aromatic N) is 1. The minimum Gasteiger partial charge on any atom is -0.496 e. The van der Waals surface area contributed by atoms with Crippen LogP contribution in [0.2, 0.25) is 5.02 Å². The van der Waals surface area contributed by atoms with Crippen LogP contribution < -0.4 is 15.8 Å². The van der Waals surface area contributed by atoms with Gasteiger partial charge in [-0.1, -0.05) is 11.6 Å². The normalized spacial score (nSPS) is 22.5. The summed E-state index contributed by atoms with van der Waals surface area (Å²) in [6.07, 6.45) is 3.57. The van der Waals surface area contributed by atoms with Gasteiger partial charge in [-0.05, 0) is 37.9 Å². The van der Waals surface area contributed by atoms with Crippen LogP contribution in [0.25, 0.3) is 0 Å². The van der Waals surface area contributed by atoms with Crippen molar-refractivity contribution in [3.05, 3.63) is 34.9 Å². The first kappa shape index (κ1) is 22.5. The first-order chi connectivity index (χ1) is 13.7. The van der Waals surface area contributed by atoms with Gasteiger partial charge in [-0.25, -0.2) is 9.59 Å². The van der Waals surface area contributed by atoms with Crippen LogP contribution in [0.4, 0.5) is 5.69 Å². The Kier molecular flexibility index (Phi) is 7.86. The second-order valence-corrected chi connectivity index (χ2v) is 7.20. The topological polar surface area (TPSA) is 142 Å². The molecule has 3 aliphatic heterocycles. The number of rotatable bonds is 6. The predicted molar refractivity (Wildman–Crippen MR) is 108 cm³/mol. The van der Waals surface area contributed by atoms with Gasteiger partial charge in [-0.15, -0.1) is 0 Å². The van der Waals surface area contributed by atoms with E-state index in [1.54, 1.807) is 12.1 Å². The Morgan fingerprint density at radius 1 is 1.21 bits per heavy atom. The number of carbonyl (C=O) groups excluding carboxylic acids is 1. The molecule has 1 amide bonds. The zero-order valence-corrected chi connectivity index (χ0v) is 16.7. The fourth-order valence-corrected chi connectivity index (χ4v) is 3.71. The molecule has 0 aromatic heterocycles. The number of carbonyl (C=O) groups is 3. The molecular weight excluding hydrogens is 402 g/mol. The van der Waals surface area contributed by atoms with Crippen molar-refractivity contribution in [2.24, 2.45) is 11.7 Å². The average Bonchev–Trinajstić information content (AvgIpc) is 2.69. The Hall–Kier alpha value is -2.78. The van der Waals surface area contributed by atoms with Crippen LogP contribution >= 0.6 is 11.6 Å². The number of benzene rings is 1. The van der Waals surface area contributed by atoms with E-state index in [1.807, 2.05) is 0 Å². The molecule has 0 spiro atoms. The van der Waals surface area contributed by atoms with Crippen molar-refractivity contribution >= 4 is 35.1 Å². The molecule has 1 aromatic rings. The summed E-state index contributed by atoms with van der Waals surface area (Å²) >= 11 is 6.28. The molecule has 0 radical (unpaired) electrons. The lowest BCUT2D eigenvalue weighted by atomic mass is 9.84. The van der Waals surface area contributed by atoms with Gasteiger partial charge < -0.3 is 30.9 Å². The first-order valence-corrected chi connectivity index (χ1v) is 9.39. The van der Waals surface area contributed by atoms with Crippen molar-refractivity contribution < 1.29 is 29.3 Å². The monoisotopic (exact) mass is 425 g/mol. The van der Waals surface area contributed by atoms with Crippen LogP contribution in [0.5, 0.6) is 5.75 Å². The van der Waals surface area contributed by atoms with E-state index in [9.17, 15) is 14.4 Å². The lowest BCUT2D eigenvalue weighted by molar-refractivity contribution is -0.134. The van der Waals surface area contributed by atoms with Crippen molar-refractivity contribution in [2.45, 2.75) is 18.9 Å². The number of carboxylic acid groups (broad SMARTS) is 2. The van der Waals surface area contributed by atoms with Crippen LogP contribution in [0.1, 0.15) is 23.2 Å². The van der Waals surface area contributed by atoms with E-state index < -0.39 is 17.8 Å². The lowest BCUT2D eigenvalue weighted by Crippen LogP contribution is -2.53. The van der Waals surface area contributed by atoms with Crippen molar-refractivity contribution in [3.63, 3.8) is 0 Å². The zero-order chi connectivity index (χ0) is 21.6. The largest absolute Gasteiger partial charge is 0.496 e. The number of aliphatic carboxylic acids is 2. The minimum atomic E-state index is -1.26. The van der Waals surface area contributed by atoms with Crippen LogP contribution in [0.15, 0.2) is 24.3 Å². The Balaban J connectivity index is 0.000000321. The number of anilines is 1. The highest BCUT2D eigenvalue weighted by atomic mass is 35.5. The number of hydrogen-bond acceptors (Lipinski definition) is 6. The summed E-state index contributed by atoms with van der Waals surface area (Å²) in [6.45, 7) is 3.43. The molecule has 1 unspecified atom stereocenters. The number of nitrogens with one attached hydrogen (secondary N) is 1. The van der Waals surface area contributed by atoms with Crippen molar-refractivity contribution in [3.8, 4) is 5.75 Å². The van der Waals surface area contributed by atoms with E-state index in [-0.39, 0.29) is 0 Å². The van der Waals surface area contributed by atoms with Crippen molar-refractivity contribution in [1.29, 1.82) is 0 Å². The Morgan fingerprint density at radius 3 is 2.21 bits per heavy atom. The molecule has 3 aliphatic rings. The summed E-state index contributed by atoms with van der Waals surface area (Å²) in [5.74, 6) is -1.91. The molecule has 3 fully saturated rings. The van der Waals surface area contributed by atoms with Crippen molar-refractivity contribution in [1.82, 2.24) is 4.90 Å². The Labute approximate surface area is 173 Å².